The second-order valence-electron chi connectivity index (χ2n) is 4.57. The van der Waals surface area contributed by atoms with Crippen molar-refractivity contribution in [3.63, 3.8) is 0 Å². The lowest BCUT2D eigenvalue weighted by atomic mass is 10.1. The van der Waals surface area contributed by atoms with Crippen LogP contribution in [0, 0.1) is 0 Å². The van der Waals surface area contributed by atoms with Gasteiger partial charge in [-0.25, -0.2) is 0 Å². The van der Waals surface area contributed by atoms with Gasteiger partial charge in [0, 0.05) is 11.6 Å². The Morgan fingerprint density at radius 2 is 2.05 bits per heavy atom. The number of benzene rings is 1. The number of hydrogen-bond donors (Lipinski definition) is 2. The van der Waals surface area contributed by atoms with E-state index in [0.717, 1.165) is 24.3 Å². The Morgan fingerprint density at radius 3 is 2.65 bits per heavy atom. The minimum Gasteiger partial charge on any atom is -0.497 e. The van der Waals surface area contributed by atoms with E-state index in [1.807, 2.05) is 25.1 Å². The number of nitrogens with one attached hydrogen (secondary N) is 2. The van der Waals surface area contributed by atoms with E-state index < -0.39 is 0 Å². The maximum atomic E-state index is 11.8. The van der Waals surface area contributed by atoms with Crippen LogP contribution in [0.25, 0.3) is 0 Å². The molecule has 0 fully saturated rings. The highest BCUT2D eigenvalue weighted by Crippen LogP contribution is 2.29. The summed E-state index contributed by atoms with van der Waals surface area (Å²) in [5.41, 5.74) is 0.928. The van der Waals surface area contributed by atoms with Crippen LogP contribution in [0.4, 0.5) is 0 Å². The highest BCUT2D eigenvalue weighted by molar-refractivity contribution is 5.78. The molecule has 2 N–H and O–H groups in total. The summed E-state index contributed by atoms with van der Waals surface area (Å²) in [5, 5.41) is 6.02. The normalized spacial score (nSPS) is 11.8. The van der Waals surface area contributed by atoms with Crippen molar-refractivity contribution in [3.05, 3.63) is 23.8 Å². The molecule has 1 unspecified atom stereocenters. The van der Waals surface area contributed by atoms with E-state index >= 15 is 0 Å². The molecule has 1 amide bonds. The van der Waals surface area contributed by atoms with E-state index in [-0.39, 0.29) is 11.9 Å². The highest BCUT2D eigenvalue weighted by atomic mass is 16.5. The third-order valence-electron chi connectivity index (χ3n) is 3.00. The summed E-state index contributed by atoms with van der Waals surface area (Å²) in [6.07, 6.45) is 1.01. The Balaban J connectivity index is 2.66. The number of ether oxygens (including phenoxy) is 2. The van der Waals surface area contributed by atoms with Crippen LogP contribution in [0.5, 0.6) is 11.5 Å². The predicted molar refractivity (Wildman–Crippen MR) is 79.3 cm³/mol. The van der Waals surface area contributed by atoms with Gasteiger partial charge in [-0.1, -0.05) is 6.92 Å². The maximum Gasteiger partial charge on any atom is 0.234 e. The summed E-state index contributed by atoms with van der Waals surface area (Å²) in [6, 6.07) is 5.46. The van der Waals surface area contributed by atoms with Crippen molar-refractivity contribution in [3.8, 4) is 11.5 Å². The number of carbonyl (C=O) groups excluding carboxylic acids is 1. The molecule has 0 aromatic heterocycles. The van der Waals surface area contributed by atoms with Gasteiger partial charge in [-0.2, -0.15) is 0 Å². The molecule has 1 aromatic carbocycles. The fourth-order valence-corrected chi connectivity index (χ4v) is 1.93. The smallest absolute Gasteiger partial charge is 0.234 e. The first-order chi connectivity index (χ1) is 9.62. The van der Waals surface area contributed by atoms with Crippen LogP contribution >= 0.6 is 0 Å². The number of rotatable bonds is 8. The van der Waals surface area contributed by atoms with Crippen molar-refractivity contribution in [2.75, 3.05) is 27.3 Å². The van der Waals surface area contributed by atoms with E-state index in [9.17, 15) is 4.79 Å². The molecule has 0 radical (unpaired) electrons. The zero-order valence-electron chi connectivity index (χ0n) is 12.7. The van der Waals surface area contributed by atoms with Crippen LogP contribution < -0.4 is 20.1 Å². The Hall–Kier alpha value is -1.75. The van der Waals surface area contributed by atoms with Crippen LogP contribution in [0.1, 0.15) is 31.9 Å². The van der Waals surface area contributed by atoms with Crippen molar-refractivity contribution < 1.29 is 14.3 Å². The van der Waals surface area contributed by atoms with Gasteiger partial charge in [-0.15, -0.1) is 0 Å². The van der Waals surface area contributed by atoms with Gasteiger partial charge in [0.15, 0.2) is 0 Å². The number of amides is 1. The molecule has 0 spiro atoms. The highest BCUT2D eigenvalue weighted by Gasteiger charge is 2.14. The second kappa shape index (κ2) is 8.43. The first kappa shape index (κ1) is 16.3. The largest absolute Gasteiger partial charge is 0.497 e. The van der Waals surface area contributed by atoms with Gasteiger partial charge in [-0.05, 0) is 32.0 Å². The topological polar surface area (TPSA) is 59.6 Å². The lowest BCUT2D eigenvalue weighted by molar-refractivity contribution is -0.120. The molecule has 0 aliphatic carbocycles. The lowest BCUT2D eigenvalue weighted by Gasteiger charge is -2.18. The number of hydrogen-bond acceptors (Lipinski definition) is 4. The Bertz CT molecular complexity index is 435. The maximum absolute atomic E-state index is 11.8. The van der Waals surface area contributed by atoms with Crippen molar-refractivity contribution >= 4 is 5.91 Å². The second-order valence-corrected chi connectivity index (χ2v) is 4.57. The minimum atomic E-state index is -0.119. The standard InChI is InChI=1S/C15H24N2O3/c1-5-8-16-10-15(18)17-11(2)13-7-6-12(19-3)9-14(13)20-4/h6-7,9,11,16H,5,8,10H2,1-4H3,(H,17,18). The SMILES string of the molecule is CCCNCC(=O)NC(C)c1ccc(OC)cc1OC. The van der Waals surface area contributed by atoms with E-state index in [1.165, 1.54) is 0 Å². The summed E-state index contributed by atoms with van der Waals surface area (Å²) in [6.45, 7) is 5.17. The van der Waals surface area contributed by atoms with Crippen LogP contribution in [-0.4, -0.2) is 33.2 Å². The molecule has 0 saturated heterocycles. The molecule has 1 rings (SSSR count). The average Bonchev–Trinajstić information content (AvgIpc) is 2.46. The lowest BCUT2D eigenvalue weighted by Crippen LogP contribution is -2.35. The molecule has 0 saturated carbocycles. The van der Waals surface area contributed by atoms with Crippen LogP contribution in [0.15, 0.2) is 18.2 Å². The molecule has 0 aliphatic heterocycles. The zero-order chi connectivity index (χ0) is 15.0. The monoisotopic (exact) mass is 280 g/mol. The molecule has 20 heavy (non-hydrogen) atoms. The van der Waals surface area contributed by atoms with E-state index in [0.29, 0.717) is 12.3 Å². The molecule has 112 valence electrons. The molecule has 0 bridgehead atoms. The molecule has 0 heterocycles. The van der Waals surface area contributed by atoms with Gasteiger partial charge in [0.1, 0.15) is 11.5 Å². The van der Waals surface area contributed by atoms with Gasteiger partial charge in [-0.3, -0.25) is 4.79 Å². The van der Waals surface area contributed by atoms with Crippen LogP contribution in [0.2, 0.25) is 0 Å². The fraction of sp³-hybridized carbons (Fsp3) is 0.533. The van der Waals surface area contributed by atoms with Crippen molar-refractivity contribution in [1.82, 2.24) is 10.6 Å². The van der Waals surface area contributed by atoms with E-state index in [1.54, 1.807) is 14.2 Å². The molecule has 0 aliphatic rings. The van der Waals surface area contributed by atoms with E-state index in [2.05, 4.69) is 17.6 Å². The quantitative estimate of drug-likeness (QED) is 0.714. The van der Waals surface area contributed by atoms with E-state index in [4.69, 9.17) is 9.47 Å². The summed E-state index contributed by atoms with van der Waals surface area (Å²) >= 11 is 0. The summed E-state index contributed by atoms with van der Waals surface area (Å²) < 4.78 is 10.5. The summed E-state index contributed by atoms with van der Waals surface area (Å²) in [4.78, 5) is 11.8. The van der Waals surface area contributed by atoms with Crippen molar-refractivity contribution in [1.29, 1.82) is 0 Å². The van der Waals surface area contributed by atoms with Gasteiger partial charge >= 0.3 is 0 Å². The first-order valence-corrected chi connectivity index (χ1v) is 6.84. The molecule has 1 aromatic rings. The molecule has 1 atom stereocenters. The average molecular weight is 280 g/mol. The summed E-state index contributed by atoms with van der Waals surface area (Å²) in [5.74, 6) is 1.41. The Labute approximate surface area is 120 Å². The third-order valence-corrected chi connectivity index (χ3v) is 3.00. The molecular formula is C15H24N2O3. The minimum absolute atomic E-state index is 0.0242. The molecule has 5 nitrogen and oxygen atoms in total. The van der Waals surface area contributed by atoms with Crippen molar-refractivity contribution in [2.24, 2.45) is 0 Å². The molecule has 5 heteroatoms. The number of methoxy groups -OCH3 is 2. The van der Waals surface area contributed by atoms with Crippen molar-refractivity contribution in [2.45, 2.75) is 26.3 Å². The fourth-order valence-electron chi connectivity index (χ4n) is 1.93. The van der Waals surface area contributed by atoms with Crippen LogP contribution in [0.3, 0.4) is 0 Å². The third kappa shape index (κ3) is 4.74. The van der Waals surface area contributed by atoms with Gasteiger partial charge in [0.05, 0.1) is 26.8 Å². The van der Waals surface area contributed by atoms with Gasteiger partial charge in [0.25, 0.3) is 0 Å². The van der Waals surface area contributed by atoms with Gasteiger partial charge < -0.3 is 20.1 Å². The Morgan fingerprint density at radius 1 is 1.30 bits per heavy atom. The van der Waals surface area contributed by atoms with Crippen LogP contribution in [-0.2, 0) is 4.79 Å². The Kier molecular flexibility index (Phi) is 6.87. The van der Waals surface area contributed by atoms with Gasteiger partial charge in [0.2, 0.25) is 5.91 Å². The predicted octanol–water partition coefficient (Wildman–Crippen LogP) is 1.88. The number of carbonyl (C=O) groups is 1. The summed E-state index contributed by atoms with van der Waals surface area (Å²) in [7, 11) is 3.22. The zero-order valence-corrected chi connectivity index (χ0v) is 12.7. The molecular weight excluding hydrogens is 256 g/mol. The first-order valence-electron chi connectivity index (χ1n) is 6.84.